The molecule has 1 rings (SSSR count). The van der Waals surface area contributed by atoms with Crippen molar-refractivity contribution in [1.82, 2.24) is 14.7 Å². The second-order valence-corrected chi connectivity index (χ2v) is 5.64. The number of nitrogens with two attached hydrogens (primary N) is 1. The van der Waals surface area contributed by atoms with Gasteiger partial charge in [-0.25, -0.2) is 0 Å². The fourth-order valence-electron chi connectivity index (χ4n) is 2.29. The molecule has 0 amide bonds. The molecule has 4 nitrogen and oxygen atoms in total. The molecule has 0 spiro atoms. The van der Waals surface area contributed by atoms with Crippen LogP contribution in [-0.4, -0.2) is 81.2 Å². The van der Waals surface area contributed by atoms with Gasteiger partial charge in [0.2, 0.25) is 0 Å². The molecule has 0 bridgehead atoms. The second-order valence-electron chi connectivity index (χ2n) is 5.64. The van der Waals surface area contributed by atoms with Gasteiger partial charge in [0.05, 0.1) is 0 Å². The lowest BCUT2D eigenvalue weighted by molar-refractivity contribution is 0.224. The monoisotopic (exact) mass is 242 g/mol. The van der Waals surface area contributed by atoms with Crippen LogP contribution in [0, 0.1) is 5.92 Å². The van der Waals surface area contributed by atoms with Gasteiger partial charge in [0.25, 0.3) is 0 Å². The van der Waals surface area contributed by atoms with E-state index in [0.29, 0.717) is 5.92 Å². The Morgan fingerprint density at radius 1 is 1.12 bits per heavy atom. The molecule has 4 heteroatoms. The van der Waals surface area contributed by atoms with Gasteiger partial charge in [-0.05, 0) is 46.1 Å². The van der Waals surface area contributed by atoms with Crippen molar-refractivity contribution in [2.75, 3.05) is 66.5 Å². The summed E-state index contributed by atoms with van der Waals surface area (Å²) in [7, 11) is 4.29. The Morgan fingerprint density at radius 2 is 1.76 bits per heavy atom. The Bertz CT molecular complexity index is 196. The molecule has 1 aliphatic heterocycles. The van der Waals surface area contributed by atoms with E-state index in [0.717, 1.165) is 13.1 Å². The van der Waals surface area contributed by atoms with Crippen LogP contribution < -0.4 is 5.73 Å². The van der Waals surface area contributed by atoms with Crippen LogP contribution in [0.15, 0.2) is 0 Å². The van der Waals surface area contributed by atoms with E-state index in [4.69, 9.17) is 5.73 Å². The van der Waals surface area contributed by atoms with Crippen molar-refractivity contribution in [2.45, 2.75) is 13.3 Å². The fourth-order valence-corrected chi connectivity index (χ4v) is 2.29. The molecule has 1 fully saturated rings. The molecule has 0 aromatic carbocycles. The van der Waals surface area contributed by atoms with E-state index in [-0.39, 0.29) is 0 Å². The SMILES string of the molecule is CC(CN)CN1CCCN(CCN(C)C)CC1. The Balaban J connectivity index is 2.24. The summed E-state index contributed by atoms with van der Waals surface area (Å²) < 4.78 is 0. The molecule has 2 N–H and O–H groups in total. The van der Waals surface area contributed by atoms with Crippen molar-refractivity contribution in [3.05, 3.63) is 0 Å². The molecule has 0 saturated carbocycles. The summed E-state index contributed by atoms with van der Waals surface area (Å²) >= 11 is 0. The minimum atomic E-state index is 0.628. The molecule has 1 unspecified atom stereocenters. The zero-order chi connectivity index (χ0) is 12.7. The summed E-state index contributed by atoms with van der Waals surface area (Å²) in [6.45, 7) is 11.5. The molecular formula is C13H30N4. The minimum Gasteiger partial charge on any atom is -0.330 e. The highest BCUT2D eigenvalue weighted by atomic mass is 15.2. The minimum absolute atomic E-state index is 0.628. The topological polar surface area (TPSA) is 35.7 Å². The second kappa shape index (κ2) is 8.03. The highest BCUT2D eigenvalue weighted by molar-refractivity contribution is 4.72. The molecule has 0 aromatic heterocycles. The molecule has 0 aliphatic carbocycles. The van der Waals surface area contributed by atoms with Crippen molar-refractivity contribution in [1.29, 1.82) is 0 Å². The van der Waals surface area contributed by atoms with Crippen molar-refractivity contribution in [2.24, 2.45) is 11.7 Å². The average Bonchev–Trinajstić information content (AvgIpc) is 2.52. The molecule has 1 heterocycles. The lowest BCUT2D eigenvalue weighted by Gasteiger charge is -2.24. The van der Waals surface area contributed by atoms with Crippen molar-refractivity contribution in [3.8, 4) is 0 Å². The third-order valence-corrected chi connectivity index (χ3v) is 3.52. The van der Waals surface area contributed by atoms with Gasteiger partial charge in [-0.15, -0.1) is 0 Å². The normalized spacial score (nSPS) is 21.7. The fraction of sp³-hybridized carbons (Fsp3) is 1.00. The molecule has 1 atom stereocenters. The molecule has 0 radical (unpaired) electrons. The van der Waals surface area contributed by atoms with E-state index in [9.17, 15) is 0 Å². The predicted molar refractivity (Wildman–Crippen MR) is 74.3 cm³/mol. The van der Waals surface area contributed by atoms with Gasteiger partial charge in [-0.1, -0.05) is 6.92 Å². The highest BCUT2D eigenvalue weighted by Crippen LogP contribution is 2.05. The van der Waals surface area contributed by atoms with Crippen molar-refractivity contribution < 1.29 is 0 Å². The predicted octanol–water partition coefficient (Wildman–Crippen LogP) is 0.151. The zero-order valence-corrected chi connectivity index (χ0v) is 11.9. The Hall–Kier alpha value is -0.160. The van der Waals surface area contributed by atoms with Crippen LogP contribution in [-0.2, 0) is 0 Å². The maximum absolute atomic E-state index is 5.69. The summed E-state index contributed by atoms with van der Waals surface area (Å²) in [5.74, 6) is 0.628. The molecule has 17 heavy (non-hydrogen) atoms. The number of likely N-dealkylation sites (N-methyl/N-ethyl adjacent to an activating group) is 1. The number of hydrogen-bond donors (Lipinski definition) is 1. The molecule has 102 valence electrons. The first-order valence-electron chi connectivity index (χ1n) is 6.91. The van der Waals surface area contributed by atoms with Crippen LogP contribution in [0.25, 0.3) is 0 Å². The van der Waals surface area contributed by atoms with Crippen LogP contribution in [0.1, 0.15) is 13.3 Å². The summed E-state index contributed by atoms with van der Waals surface area (Å²) in [4.78, 5) is 7.43. The highest BCUT2D eigenvalue weighted by Gasteiger charge is 2.15. The first-order chi connectivity index (χ1) is 8.11. The summed E-state index contributed by atoms with van der Waals surface area (Å²) in [5.41, 5.74) is 5.69. The smallest absolute Gasteiger partial charge is 0.0110 e. The van der Waals surface area contributed by atoms with E-state index < -0.39 is 0 Å². The first-order valence-corrected chi connectivity index (χ1v) is 6.91. The Morgan fingerprint density at radius 3 is 2.41 bits per heavy atom. The molecular weight excluding hydrogens is 212 g/mol. The Kier molecular flexibility index (Phi) is 7.04. The largest absolute Gasteiger partial charge is 0.330 e. The lowest BCUT2D eigenvalue weighted by atomic mass is 10.1. The number of hydrogen-bond acceptors (Lipinski definition) is 4. The zero-order valence-electron chi connectivity index (χ0n) is 11.9. The standard InChI is InChI=1S/C13H30N4/c1-13(11-14)12-17-6-4-5-16(9-10-17)8-7-15(2)3/h13H,4-12,14H2,1-3H3. The van der Waals surface area contributed by atoms with Gasteiger partial charge >= 0.3 is 0 Å². The van der Waals surface area contributed by atoms with E-state index in [1.807, 2.05) is 0 Å². The van der Waals surface area contributed by atoms with Crippen LogP contribution >= 0.6 is 0 Å². The summed E-state index contributed by atoms with van der Waals surface area (Å²) in [6.07, 6.45) is 1.30. The van der Waals surface area contributed by atoms with Crippen LogP contribution in [0.4, 0.5) is 0 Å². The number of nitrogens with zero attached hydrogens (tertiary/aromatic N) is 3. The third-order valence-electron chi connectivity index (χ3n) is 3.52. The van der Waals surface area contributed by atoms with Gasteiger partial charge < -0.3 is 20.4 Å². The molecule has 1 aliphatic rings. The van der Waals surface area contributed by atoms with Gasteiger partial charge in [-0.2, -0.15) is 0 Å². The molecule has 0 aromatic rings. The van der Waals surface area contributed by atoms with E-state index in [1.165, 1.54) is 45.7 Å². The third kappa shape index (κ3) is 6.36. The molecule has 1 saturated heterocycles. The average molecular weight is 242 g/mol. The van der Waals surface area contributed by atoms with Crippen LogP contribution in [0.5, 0.6) is 0 Å². The van der Waals surface area contributed by atoms with E-state index in [1.54, 1.807) is 0 Å². The van der Waals surface area contributed by atoms with Gasteiger partial charge in [0.1, 0.15) is 0 Å². The van der Waals surface area contributed by atoms with E-state index in [2.05, 4.69) is 35.7 Å². The van der Waals surface area contributed by atoms with Crippen molar-refractivity contribution in [3.63, 3.8) is 0 Å². The number of rotatable bonds is 6. The van der Waals surface area contributed by atoms with Gasteiger partial charge in [0, 0.05) is 32.7 Å². The summed E-state index contributed by atoms with van der Waals surface area (Å²) in [6, 6.07) is 0. The van der Waals surface area contributed by atoms with Gasteiger partial charge in [-0.3, -0.25) is 0 Å². The van der Waals surface area contributed by atoms with Crippen LogP contribution in [0.3, 0.4) is 0 Å². The first kappa shape index (κ1) is 14.9. The maximum atomic E-state index is 5.69. The summed E-state index contributed by atoms with van der Waals surface area (Å²) in [5, 5.41) is 0. The van der Waals surface area contributed by atoms with Crippen LogP contribution in [0.2, 0.25) is 0 Å². The van der Waals surface area contributed by atoms with Crippen molar-refractivity contribution >= 4 is 0 Å². The van der Waals surface area contributed by atoms with Gasteiger partial charge in [0.15, 0.2) is 0 Å². The Labute approximate surface area is 107 Å². The maximum Gasteiger partial charge on any atom is 0.0110 e. The lowest BCUT2D eigenvalue weighted by Crippen LogP contribution is -2.37. The van der Waals surface area contributed by atoms with E-state index >= 15 is 0 Å². The quantitative estimate of drug-likeness (QED) is 0.719.